The van der Waals surface area contributed by atoms with Gasteiger partial charge in [-0.3, -0.25) is 9.59 Å². The Hall–Kier alpha value is -1.66. The number of aryl methyl sites for hydroxylation is 1. The van der Waals surface area contributed by atoms with Crippen LogP contribution in [-0.4, -0.2) is 66.6 Å². The number of hydrogen-bond acceptors (Lipinski definition) is 4. The Bertz CT molecular complexity index is 643. The highest BCUT2D eigenvalue weighted by atomic mass is 16.2. The molecular weight excluding hydrogens is 304 g/mol. The minimum atomic E-state index is -0.231. The second-order valence-corrected chi connectivity index (χ2v) is 7.07. The maximum atomic E-state index is 12.5. The first kappa shape index (κ1) is 17.2. The molecule has 1 aliphatic heterocycles. The zero-order chi connectivity index (χ0) is 17.1. The van der Waals surface area contributed by atoms with Crippen molar-refractivity contribution < 1.29 is 4.79 Å². The largest absolute Gasteiger partial charge is 0.352 e. The molecule has 3 rings (SSSR count). The van der Waals surface area contributed by atoms with E-state index in [1.165, 1.54) is 0 Å². The number of carbonyl (C=O) groups excluding carboxylic acids is 1. The van der Waals surface area contributed by atoms with Crippen LogP contribution in [-0.2, 0) is 0 Å². The third-order valence-electron chi connectivity index (χ3n) is 5.03. The first-order chi connectivity index (χ1) is 11.6. The molecule has 132 valence electrons. The molecule has 0 radical (unpaired) electrons. The van der Waals surface area contributed by atoms with Crippen molar-refractivity contribution in [3.63, 3.8) is 0 Å². The molecule has 1 saturated carbocycles. The van der Waals surface area contributed by atoms with Gasteiger partial charge in [0.2, 0.25) is 0 Å². The molecule has 6 heteroatoms. The molecule has 2 aliphatic rings. The summed E-state index contributed by atoms with van der Waals surface area (Å²) in [6, 6.07) is 2.17. The Morgan fingerprint density at radius 2 is 1.96 bits per heavy atom. The van der Waals surface area contributed by atoms with Crippen molar-refractivity contribution in [3.8, 4) is 0 Å². The van der Waals surface area contributed by atoms with Crippen LogP contribution in [0, 0.1) is 6.92 Å². The normalized spacial score (nSPS) is 19.4. The number of pyridine rings is 1. The Morgan fingerprint density at radius 1 is 1.25 bits per heavy atom. The Labute approximate surface area is 143 Å². The molecule has 2 heterocycles. The number of piperazine rings is 1. The van der Waals surface area contributed by atoms with Gasteiger partial charge in [0, 0.05) is 45.0 Å². The Balaban J connectivity index is 1.50. The second-order valence-electron chi connectivity index (χ2n) is 7.07. The molecular formula is C18H28N4O2. The van der Waals surface area contributed by atoms with Gasteiger partial charge in [-0.25, -0.2) is 0 Å². The van der Waals surface area contributed by atoms with E-state index in [1.807, 2.05) is 19.2 Å². The Kier molecular flexibility index (Phi) is 5.36. The molecule has 0 bridgehead atoms. The van der Waals surface area contributed by atoms with E-state index in [1.54, 1.807) is 4.57 Å². The molecule has 6 nitrogen and oxygen atoms in total. The highest BCUT2D eigenvalue weighted by Crippen LogP contribution is 2.33. The SMILES string of the molecule is Cc1ccn(C2CC2)c(=O)c1C(=O)NCCCN1CCN(C)CC1. The number of rotatable bonds is 6. The van der Waals surface area contributed by atoms with E-state index >= 15 is 0 Å². The molecule has 0 spiro atoms. The van der Waals surface area contributed by atoms with Gasteiger partial charge in [0.1, 0.15) is 5.56 Å². The van der Waals surface area contributed by atoms with Crippen molar-refractivity contribution in [2.75, 3.05) is 46.3 Å². The van der Waals surface area contributed by atoms with Crippen LogP contribution in [0.3, 0.4) is 0 Å². The topological polar surface area (TPSA) is 57.6 Å². The molecule has 1 aromatic rings. The van der Waals surface area contributed by atoms with Gasteiger partial charge < -0.3 is 19.7 Å². The van der Waals surface area contributed by atoms with Gasteiger partial charge >= 0.3 is 0 Å². The highest BCUT2D eigenvalue weighted by Gasteiger charge is 2.26. The monoisotopic (exact) mass is 332 g/mol. The van der Waals surface area contributed by atoms with Crippen LogP contribution < -0.4 is 10.9 Å². The molecule has 0 unspecified atom stereocenters. The van der Waals surface area contributed by atoms with Crippen LogP contribution in [0.15, 0.2) is 17.1 Å². The van der Waals surface area contributed by atoms with Crippen LogP contribution >= 0.6 is 0 Å². The molecule has 1 N–H and O–H groups in total. The molecule has 1 aliphatic carbocycles. The van der Waals surface area contributed by atoms with Crippen LogP contribution in [0.25, 0.3) is 0 Å². The summed E-state index contributed by atoms with van der Waals surface area (Å²) in [6.07, 6.45) is 4.81. The van der Waals surface area contributed by atoms with Gasteiger partial charge in [-0.05, 0) is 51.4 Å². The van der Waals surface area contributed by atoms with Gasteiger partial charge in [-0.1, -0.05) is 0 Å². The van der Waals surface area contributed by atoms with E-state index in [9.17, 15) is 9.59 Å². The van der Waals surface area contributed by atoms with Gasteiger partial charge in [-0.15, -0.1) is 0 Å². The van der Waals surface area contributed by atoms with E-state index in [0.29, 0.717) is 18.2 Å². The van der Waals surface area contributed by atoms with E-state index in [-0.39, 0.29) is 11.5 Å². The van der Waals surface area contributed by atoms with Crippen molar-refractivity contribution in [1.82, 2.24) is 19.7 Å². The molecule has 1 amide bonds. The summed E-state index contributed by atoms with van der Waals surface area (Å²) < 4.78 is 1.71. The van der Waals surface area contributed by atoms with Crippen molar-refractivity contribution >= 4 is 5.91 Å². The minimum Gasteiger partial charge on any atom is -0.352 e. The lowest BCUT2D eigenvalue weighted by Gasteiger charge is -2.32. The number of hydrogen-bond donors (Lipinski definition) is 1. The van der Waals surface area contributed by atoms with Crippen LogP contribution in [0.1, 0.15) is 41.2 Å². The summed E-state index contributed by atoms with van der Waals surface area (Å²) >= 11 is 0. The molecule has 0 atom stereocenters. The van der Waals surface area contributed by atoms with Crippen molar-refractivity contribution in [2.24, 2.45) is 0 Å². The van der Waals surface area contributed by atoms with E-state index in [0.717, 1.165) is 57.5 Å². The predicted molar refractivity (Wildman–Crippen MR) is 94.6 cm³/mol. The quantitative estimate of drug-likeness (QED) is 0.785. The summed E-state index contributed by atoms with van der Waals surface area (Å²) in [7, 11) is 2.15. The molecule has 0 aromatic carbocycles. The fraction of sp³-hybridized carbons (Fsp3) is 0.667. The average molecular weight is 332 g/mol. The zero-order valence-corrected chi connectivity index (χ0v) is 14.8. The summed E-state index contributed by atoms with van der Waals surface area (Å²) in [5.74, 6) is -0.231. The Morgan fingerprint density at radius 3 is 2.62 bits per heavy atom. The standard InChI is InChI=1S/C18H28N4O2/c1-14-6-9-22(15-4-5-15)18(24)16(14)17(23)19-7-3-8-21-12-10-20(2)11-13-21/h6,9,15H,3-5,7-8,10-13H2,1-2H3,(H,19,23). The van der Waals surface area contributed by atoms with Gasteiger partial charge in [0.15, 0.2) is 0 Å². The molecule has 2 fully saturated rings. The molecule has 24 heavy (non-hydrogen) atoms. The van der Waals surface area contributed by atoms with Gasteiger partial charge in [0.05, 0.1) is 0 Å². The summed E-state index contributed by atoms with van der Waals surface area (Å²) in [5.41, 5.74) is 0.923. The second kappa shape index (κ2) is 7.49. The van der Waals surface area contributed by atoms with Crippen LogP contribution in [0.5, 0.6) is 0 Å². The van der Waals surface area contributed by atoms with Crippen molar-refractivity contribution in [2.45, 2.75) is 32.2 Å². The number of likely N-dealkylation sites (N-methyl/N-ethyl adjacent to an activating group) is 1. The average Bonchev–Trinajstić information content (AvgIpc) is 3.38. The molecule has 1 aromatic heterocycles. The smallest absolute Gasteiger partial charge is 0.263 e. The predicted octanol–water partition coefficient (Wildman–Crippen LogP) is 0.859. The number of nitrogens with zero attached hydrogens (tertiary/aromatic N) is 3. The van der Waals surface area contributed by atoms with E-state index in [2.05, 4.69) is 22.2 Å². The maximum absolute atomic E-state index is 12.5. The summed E-state index contributed by atoms with van der Waals surface area (Å²) in [5, 5.41) is 2.93. The fourth-order valence-electron chi connectivity index (χ4n) is 3.22. The highest BCUT2D eigenvalue weighted by molar-refractivity contribution is 5.95. The first-order valence-corrected chi connectivity index (χ1v) is 8.97. The number of amides is 1. The molecule has 1 saturated heterocycles. The van der Waals surface area contributed by atoms with Crippen LogP contribution in [0.4, 0.5) is 0 Å². The van der Waals surface area contributed by atoms with Crippen molar-refractivity contribution in [1.29, 1.82) is 0 Å². The van der Waals surface area contributed by atoms with E-state index < -0.39 is 0 Å². The third-order valence-corrected chi connectivity index (χ3v) is 5.03. The van der Waals surface area contributed by atoms with Crippen LogP contribution in [0.2, 0.25) is 0 Å². The number of nitrogens with one attached hydrogen (secondary N) is 1. The van der Waals surface area contributed by atoms with Crippen molar-refractivity contribution in [3.05, 3.63) is 33.7 Å². The number of aromatic nitrogens is 1. The van der Waals surface area contributed by atoms with E-state index in [4.69, 9.17) is 0 Å². The maximum Gasteiger partial charge on any atom is 0.263 e. The fourth-order valence-corrected chi connectivity index (χ4v) is 3.22. The lowest BCUT2D eigenvalue weighted by Crippen LogP contribution is -2.45. The summed E-state index contributed by atoms with van der Waals surface area (Å²) in [6.45, 7) is 7.84. The third kappa shape index (κ3) is 4.05. The van der Waals surface area contributed by atoms with Gasteiger partial charge in [-0.2, -0.15) is 0 Å². The summed E-state index contributed by atoms with van der Waals surface area (Å²) in [4.78, 5) is 29.7. The lowest BCUT2D eigenvalue weighted by atomic mass is 10.1. The lowest BCUT2D eigenvalue weighted by molar-refractivity contribution is 0.0946. The van der Waals surface area contributed by atoms with Gasteiger partial charge in [0.25, 0.3) is 11.5 Å². The number of carbonyl (C=O) groups is 1. The minimum absolute atomic E-state index is 0.144. The first-order valence-electron chi connectivity index (χ1n) is 8.97. The zero-order valence-electron chi connectivity index (χ0n) is 14.8.